The lowest BCUT2D eigenvalue weighted by molar-refractivity contribution is -0.137. The molecule has 0 saturated carbocycles. The minimum Gasteiger partial charge on any atom is -0.481 e. The number of aromatic nitrogens is 2. The second kappa shape index (κ2) is 9.07. The zero-order chi connectivity index (χ0) is 22.6. The smallest absolute Gasteiger partial charge is 0.416 e. The normalized spacial score (nSPS) is 11.3. The maximum atomic E-state index is 13.8. The molecule has 0 aliphatic heterocycles. The molecule has 5 nitrogen and oxygen atoms in total. The fraction of sp³-hybridized carbons (Fsp3) is 0.190. The second-order valence-electron chi connectivity index (χ2n) is 6.33. The molecule has 0 N–H and O–H groups in total. The molecular formula is C21H16F5N3O2. The molecule has 3 aromatic rings. The first-order valence-corrected chi connectivity index (χ1v) is 8.95. The molecular weight excluding hydrogens is 421 g/mol. The Morgan fingerprint density at radius 2 is 1.90 bits per heavy atom. The van der Waals surface area contributed by atoms with Gasteiger partial charge in [0.2, 0.25) is 5.88 Å². The number of carbonyl (C=O) groups is 1. The van der Waals surface area contributed by atoms with Crippen molar-refractivity contribution in [1.82, 2.24) is 9.97 Å². The molecule has 1 aromatic carbocycles. The summed E-state index contributed by atoms with van der Waals surface area (Å²) in [5.41, 5.74) is -0.956. The van der Waals surface area contributed by atoms with Gasteiger partial charge in [-0.05, 0) is 36.4 Å². The molecule has 0 bridgehead atoms. The van der Waals surface area contributed by atoms with Crippen molar-refractivity contribution in [2.75, 3.05) is 25.2 Å². The van der Waals surface area contributed by atoms with Crippen LogP contribution in [0.15, 0.2) is 55.0 Å². The van der Waals surface area contributed by atoms with E-state index in [2.05, 4.69) is 9.97 Å². The van der Waals surface area contributed by atoms with E-state index in [1.807, 2.05) is 0 Å². The summed E-state index contributed by atoms with van der Waals surface area (Å²) in [4.78, 5) is 22.0. The number of anilines is 1. The standard InChI is InChI=1S/C21H16F5N3O2/c1-31-19-17(3-2-6-28-19)16-4-7-27-12-18(16)29(8-5-22)20(30)13-9-14(21(24,25)26)11-15(23)10-13/h2-4,6-7,9-12H,5,8H2,1H3. The fourth-order valence-electron chi connectivity index (χ4n) is 3.04. The van der Waals surface area contributed by atoms with Crippen molar-refractivity contribution in [3.63, 3.8) is 0 Å². The largest absolute Gasteiger partial charge is 0.481 e. The number of rotatable bonds is 6. The third kappa shape index (κ3) is 4.79. The molecule has 2 aromatic heterocycles. The van der Waals surface area contributed by atoms with E-state index >= 15 is 0 Å². The molecule has 31 heavy (non-hydrogen) atoms. The summed E-state index contributed by atoms with van der Waals surface area (Å²) in [5.74, 6) is -2.04. The van der Waals surface area contributed by atoms with Gasteiger partial charge >= 0.3 is 6.18 Å². The van der Waals surface area contributed by atoms with Crippen LogP contribution in [0.25, 0.3) is 11.1 Å². The molecule has 0 unspecified atom stereocenters. The number of methoxy groups -OCH3 is 1. The van der Waals surface area contributed by atoms with Crippen LogP contribution in [0.1, 0.15) is 15.9 Å². The molecule has 0 atom stereocenters. The summed E-state index contributed by atoms with van der Waals surface area (Å²) in [6.45, 7) is -1.48. The van der Waals surface area contributed by atoms with Crippen LogP contribution in [0.2, 0.25) is 0 Å². The number of amides is 1. The molecule has 10 heteroatoms. The van der Waals surface area contributed by atoms with Crippen molar-refractivity contribution in [2.24, 2.45) is 0 Å². The molecule has 0 spiro atoms. The van der Waals surface area contributed by atoms with Crippen molar-refractivity contribution < 1.29 is 31.5 Å². The van der Waals surface area contributed by atoms with Crippen LogP contribution >= 0.6 is 0 Å². The lowest BCUT2D eigenvalue weighted by atomic mass is 10.0. The number of pyridine rings is 2. The van der Waals surface area contributed by atoms with Gasteiger partial charge < -0.3 is 9.64 Å². The number of nitrogens with zero attached hydrogens (tertiary/aromatic N) is 3. The number of hydrogen-bond acceptors (Lipinski definition) is 4. The summed E-state index contributed by atoms with van der Waals surface area (Å²) >= 11 is 0. The Hall–Kier alpha value is -3.56. The summed E-state index contributed by atoms with van der Waals surface area (Å²) in [5, 5.41) is 0. The Kier molecular flexibility index (Phi) is 6.47. The van der Waals surface area contributed by atoms with E-state index in [0.29, 0.717) is 23.3 Å². The lowest BCUT2D eigenvalue weighted by Crippen LogP contribution is -2.33. The highest BCUT2D eigenvalue weighted by molar-refractivity contribution is 6.08. The topological polar surface area (TPSA) is 55.3 Å². The molecule has 0 fully saturated rings. The SMILES string of the molecule is COc1ncccc1-c1ccncc1N(CCF)C(=O)c1cc(F)cc(C(F)(F)F)c1. The fourth-order valence-corrected chi connectivity index (χ4v) is 3.04. The van der Waals surface area contributed by atoms with E-state index in [1.54, 1.807) is 12.1 Å². The van der Waals surface area contributed by atoms with Gasteiger partial charge in [0.25, 0.3) is 5.91 Å². The Morgan fingerprint density at radius 1 is 1.13 bits per heavy atom. The molecule has 0 radical (unpaired) electrons. The van der Waals surface area contributed by atoms with Crippen LogP contribution in [0.4, 0.5) is 27.6 Å². The van der Waals surface area contributed by atoms with Crippen molar-refractivity contribution in [2.45, 2.75) is 6.18 Å². The van der Waals surface area contributed by atoms with Gasteiger partial charge in [0, 0.05) is 29.1 Å². The molecule has 0 aliphatic carbocycles. The van der Waals surface area contributed by atoms with Gasteiger partial charge in [-0.25, -0.2) is 13.8 Å². The van der Waals surface area contributed by atoms with Gasteiger partial charge in [-0.3, -0.25) is 9.78 Å². The van der Waals surface area contributed by atoms with E-state index in [9.17, 15) is 26.7 Å². The van der Waals surface area contributed by atoms with Crippen LogP contribution in [0, 0.1) is 5.82 Å². The van der Waals surface area contributed by atoms with E-state index in [4.69, 9.17) is 4.74 Å². The van der Waals surface area contributed by atoms with E-state index in [0.717, 1.165) is 4.90 Å². The van der Waals surface area contributed by atoms with E-state index < -0.39 is 42.2 Å². The Balaban J connectivity index is 2.13. The highest BCUT2D eigenvalue weighted by Gasteiger charge is 2.33. The van der Waals surface area contributed by atoms with E-state index in [-0.39, 0.29) is 17.6 Å². The molecule has 0 aliphatic rings. The highest BCUT2D eigenvalue weighted by Crippen LogP contribution is 2.36. The Bertz CT molecular complexity index is 1090. The maximum Gasteiger partial charge on any atom is 0.416 e. The molecule has 2 heterocycles. The zero-order valence-corrected chi connectivity index (χ0v) is 16.2. The quantitative estimate of drug-likeness (QED) is 0.514. The monoisotopic (exact) mass is 437 g/mol. The van der Waals surface area contributed by atoms with Gasteiger partial charge in [-0.1, -0.05) is 0 Å². The van der Waals surface area contributed by atoms with Crippen LogP contribution < -0.4 is 9.64 Å². The third-order valence-electron chi connectivity index (χ3n) is 4.37. The first-order valence-electron chi connectivity index (χ1n) is 8.95. The lowest BCUT2D eigenvalue weighted by Gasteiger charge is -2.24. The Morgan fingerprint density at radius 3 is 2.58 bits per heavy atom. The molecule has 162 valence electrons. The average Bonchev–Trinajstić information content (AvgIpc) is 2.76. The molecule has 0 saturated heterocycles. The minimum atomic E-state index is -4.86. The summed E-state index contributed by atoms with van der Waals surface area (Å²) in [6.07, 6.45) is -0.684. The number of halogens is 5. The minimum absolute atomic E-state index is 0.106. The number of hydrogen-bond donors (Lipinski definition) is 0. The predicted molar refractivity (Wildman–Crippen MR) is 103 cm³/mol. The van der Waals surface area contributed by atoms with Crippen LogP contribution in [0.5, 0.6) is 5.88 Å². The number of ether oxygens (including phenoxy) is 1. The zero-order valence-electron chi connectivity index (χ0n) is 16.2. The average molecular weight is 437 g/mol. The predicted octanol–water partition coefficient (Wildman–Crippen LogP) is 4.93. The van der Waals surface area contributed by atoms with Crippen molar-refractivity contribution in [1.29, 1.82) is 0 Å². The Labute approximate surface area is 174 Å². The molecule has 1 amide bonds. The highest BCUT2D eigenvalue weighted by atomic mass is 19.4. The van der Waals surface area contributed by atoms with Crippen LogP contribution in [-0.4, -0.2) is 36.2 Å². The van der Waals surface area contributed by atoms with Crippen LogP contribution in [-0.2, 0) is 6.18 Å². The van der Waals surface area contributed by atoms with Gasteiger partial charge in [0.15, 0.2) is 0 Å². The number of benzene rings is 1. The summed E-state index contributed by atoms with van der Waals surface area (Å²) in [6, 6.07) is 6.27. The number of alkyl halides is 4. The summed E-state index contributed by atoms with van der Waals surface area (Å²) in [7, 11) is 1.39. The van der Waals surface area contributed by atoms with Crippen LogP contribution in [0.3, 0.4) is 0 Å². The third-order valence-corrected chi connectivity index (χ3v) is 4.37. The second-order valence-corrected chi connectivity index (χ2v) is 6.33. The maximum absolute atomic E-state index is 13.8. The van der Waals surface area contributed by atoms with Gasteiger partial charge in [0.1, 0.15) is 12.5 Å². The number of carbonyl (C=O) groups excluding carboxylic acids is 1. The van der Waals surface area contributed by atoms with E-state index in [1.165, 1.54) is 31.8 Å². The van der Waals surface area contributed by atoms with Gasteiger partial charge in [-0.2, -0.15) is 13.2 Å². The summed E-state index contributed by atoms with van der Waals surface area (Å²) < 4.78 is 71.6. The van der Waals surface area contributed by atoms with Gasteiger partial charge in [0.05, 0.1) is 31.1 Å². The first-order chi connectivity index (χ1) is 14.8. The van der Waals surface area contributed by atoms with Gasteiger partial charge in [-0.15, -0.1) is 0 Å². The first kappa shape index (κ1) is 22.1. The van der Waals surface area contributed by atoms with Crippen molar-refractivity contribution in [3.05, 3.63) is 71.9 Å². The van der Waals surface area contributed by atoms with Crippen molar-refractivity contribution >= 4 is 11.6 Å². The molecule has 3 rings (SSSR count). The van der Waals surface area contributed by atoms with Crippen molar-refractivity contribution in [3.8, 4) is 17.0 Å².